The number of nitrogens with two attached hydrogens (primary N) is 1. The first kappa shape index (κ1) is 27.7. The van der Waals surface area contributed by atoms with Crippen LogP contribution in [0.2, 0.25) is 0 Å². The van der Waals surface area contributed by atoms with Gasteiger partial charge in [-0.25, -0.2) is 4.98 Å². The molecule has 4 aliphatic rings. The van der Waals surface area contributed by atoms with Crippen LogP contribution in [0.3, 0.4) is 0 Å². The summed E-state index contributed by atoms with van der Waals surface area (Å²) in [6.45, 7) is 13.4. The third kappa shape index (κ3) is 5.67. The molecule has 4 unspecified atom stereocenters. The van der Waals surface area contributed by atoms with Crippen molar-refractivity contribution in [1.29, 1.82) is 5.26 Å². The zero-order valence-corrected chi connectivity index (χ0v) is 24.1. The van der Waals surface area contributed by atoms with Crippen LogP contribution in [0, 0.1) is 18.3 Å². The van der Waals surface area contributed by atoms with Crippen LogP contribution in [-0.2, 0) is 4.74 Å². The number of anilines is 4. The number of hydrogen-bond donors (Lipinski definition) is 3. The Labute approximate surface area is 241 Å². The van der Waals surface area contributed by atoms with E-state index in [9.17, 15) is 10.4 Å². The first-order valence-electron chi connectivity index (χ1n) is 14.5. The minimum Gasteiger partial charge on any atom is -0.387 e. The van der Waals surface area contributed by atoms with Crippen LogP contribution in [0.5, 0.6) is 0 Å². The highest BCUT2D eigenvalue weighted by molar-refractivity contribution is 5.91. The standard InChI is InChI=1S/C29H40N10O2/c1-19-12-25(39-17-24(31)29(3,40)18-39)35-28(34-19)37-10-8-36(9-11-37)15-22-16-38(14-20(2)41-22)23-5-4-21(13-30)26-27(23)33-7-6-32-26/h4-5,7,12,20,22,24,32,40H,6,8-11,14-18,31H2,1-3H3. The SMILES string of the molecule is Cc1cc(N2CC(N)C(C)(O)C2)nc(N2CCN(CC3CN(c4ccc(C#N)c5c4N=CCN5)CC(C)O3)CC2)n1. The van der Waals surface area contributed by atoms with Gasteiger partial charge in [-0.3, -0.25) is 9.89 Å². The van der Waals surface area contributed by atoms with Crippen LogP contribution in [0.25, 0.3) is 0 Å². The third-order valence-electron chi connectivity index (χ3n) is 8.53. The van der Waals surface area contributed by atoms with Crippen molar-refractivity contribution < 1.29 is 9.84 Å². The Hall–Kier alpha value is -3.50. The zero-order valence-electron chi connectivity index (χ0n) is 24.1. The number of aromatic nitrogens is 2. The van der Waals surface area contributed by atoms with E-state index < -0.39 is 5.60 Å². The van der Waals surface area contributed by atoms with Crippen molar-refractivity contribution >= 4 is 35.0 Å². The molecule has 12 heteroatoms. The minimum absolute atomic E-state index is 0.0612. The topological polar surface area (TPSA) is 142 Å². The van der Waals surface area contributed by atoms with Crippen LogP contribution < -0.4 is 25.8 Å². The Kier molecular flexibility index (Phi) is 7.46. The number of rotatable bonds is 5. The average molecular weight is 561 g/mol. The van der Waals surface area contributed by atoms with E-state index in [0.29, 0.717) is 25.2 Å². The number of ether oxygens (including phenoxy) is 1. The number of β-amino-alcohol motifs (C(OH)–C–C–N with tert-alkyl or cyclic N) is 1. The molecular weight excluding hydrogens is 520 g/mol. The van der Waals surface area contributed by atoms with Crippen molar-refractivity contribution in [2.45, 2.75) is 44.6 Å². The molecule has 6 rings (SSSR count). The van der Waals surface area contributed by atoms with Gasteiger partial charge in [0.25, 0.3) is 0 Å². The molecule has 41 heavy (non-hydrogen) atoms. The summed E-state index contributed by atoms with van der Waals surface area (Å²) in [6, 6.07) is 7.84. The summed E-state index contributed by atoms with van der Waals surface area (Å²) in [6.07, 6.45) is 2.00. The van der Waals surface area contributed by atoms with Gasteiger partial charge in [0.15, 0.2) is 0 Å². The maximum absolute atomic E-state index is 10.6. The van der Waals surface area contributed by atoms with Crippen molar-refractivity contribution in [3.8, 4) is 6.07 Å². The molecular formula is C29H40N10O2. The fourth-order valence-corrected chi connectivity index (χ4v) is 6.30. The van der Waals surface area contributed by atoms with Gasteiger partial charge in [-0.15, -0.1) is 0 Å². The third-order valence-corrected chi connectivity index (χ3v) is 8.53. The molecule has 0 spiro atoms. The zero-order chi connectivity index (χ0) is 28.7. The summed E-state index contributed by atoms with van der Waals surface area (Å²) in [7, 11) is 0. The lowest BCUT2D eigenvalue weighted by Crippen LogP contribution is -2.54. The Morgan fingerprint density at radius 3 is 2.68 bits per heavy atom. The fraction of sp³-hybridized carbons (Fsp3) is 0.586. The molecule has 0 saturated carbocycles. The van der Waals surface area contributed by atoms with E-state index in [-0.39, 0.29) is 18.2 Å². The molecule has 4 atom stereocenters. The first-order valence-corrected chi connectivity index (χ1v) is 14.5. The van der Waals surface area contributed by atoms with Crippen LogP contribution in [0.1, 0.15) is 25.1 Å². The molecule has 0 bridgehead atoms. The molecule has 3 fully saturated rings. The molecule has 4 aliphatic heterocycles. The summed E-state index contributed by atoms with van der Waals surface area (Å²) < 4.78 is 6.39. The molecule has 3 saturated heterocycles. The lowest BCUT2D eigenvalue weighted by Gasteiger charge is -2.42. The van der Waals surface area contributed by atoms with Gasteiger partial charge in [-0.1, -0.05) is 0 Å². The predicted octanol–water partition coefficient (Wildman–Crippen LogP) is 1.10. The molecule has 1 aromatic carbocycles. The molecule has 0 aliphatic carbocycles. The number of piperazine rings is 1. The number of aryl methyl sites for hydroxylation is 1. The van der Waals surface area contributed by atoms with Gasteiger partial charge in [0.2, 0.25) is 5.95 Å². The number of morpholine rings is 1. The normalized spacial score (nSPS) is 28.4. The van der Waals surface area contributed by atoms with Crippen molar-refractivity contribution in [3.05, 3.63) is 29.5 Å². The van der Waals surface area contributed by atoms with Gasteiger partial charge in [0.1, 0.15) is 17.6 Å². The summed E-state index contributed by atoms with van der Waals surface area (Å²) in [5.41, 5.74) is 9.46. The predicted molar refractivity (Wildman–Crippen MR) is 161 cm³/mol. The monoisotopic (exact) mass is 560 g/mol. The number of hydrogen-bond acceptors (Lipinski definition) is 12. The number of benzene rings is 1. The molecule has 218 valence electrons. The number of nitrogens with one attached hydrogen (secondary N) is 1. The molecule has 12 nitrogen and oxygen atoms in total. The molecule has 1 aromatic heterocycles. The van der Waals surface area contributed by atoms with E-state index in [1.807, 2.05) is 31.3 Å². The highest BCUT2D eigenvalue weighted by Gasteiger charge is 2.40. The largest absolute Gasteiger partial charge is 0.387 e. The summed E-state index contributed by atoms with van der Waals surface area (Å²) >= 11 is 0. The van der Waals surface area contributed by atoms with Crippen molar-refractivity contribution in [2.75, 3.05) is 85.5 Å². The molecule has 2 aromatic rings. The van der Waals surface area contributed by atoms with Gasteiger partial charge in [-0.05, 0) is 32.9 Å². The van der Waals surface area contributed by atoms with E-state index >= 15 is 0 Å². The highest BCUT2D eigenvalue weighted by atomic mass is 16.5. The molecule has 4 N–H and O–H groups in total. The van der Waals surface area contributed by atoms with E-state index in [4.69, 9.17) is 20.4 Å². The van der Waals surface area contributed by atoms with Crippen LogP contribution >= 0.6 is 0 Å². The highest BCUT2D eigenvalue weighted by Crippen LogP contribution is 2.40. The van der Waals surface area contributed by atoms with Gasteiger partial charge in [-0.2, -0.15) is 10.2 Å². The number of aliphatic imine (C=N–C) groups is 1. The van der Waals surface area contributed by atoms with Crippen molar-refractivity contribution in [3.63, 3.8) is 0 Å². The number of aliphatic hydroxyl groups is 1. The van der Waals surface area contributed by atoms with Gasteiger partial charge in [0, 0.05) is 76.9 Å². The second kappa shape index (κ2) is 11.1. The summed E-state index contributed by atoms with van der Waals surface area (Å²) in [4.78, 5) is 23.4. The van der Waals surface area contributed by atoms with Crippen LogP contribution in [0.4, 0.5) is 28.8 Å². The van der Waals surface area contributed by atoms with Gasteiger partial charge >= 0.3 is 0 Å². The molecule has 5 heterocycles. The first-order chi connectivity index (χ1) is 19.7. The Morgan fingerprint density at radius 2 is 1.95 bits per heavy atom. The maximum atomic E-state index is 10.6. The van der Waals surface area contributed by atoms with E-state index in [1.165, 1.54) is 0 Å². The maximum Gasteiger partial charge on any atom is 0.227 e. The molecule has 0 radical (unpaired) electrons. The Balaban J connectivity index is 1.09. The second-order valence-corrected chi connectivity index (χ2v) is 11.9. The quantitative estimate of drug-likeness (QED) is 0.484. The lowest BCUT2D eigenvalue weighted by molar-refractivity contribution is -0.0328. The molecule has 0 amide bonds. The van der Waals surface area contributed by atoms with E-state index in [0.717, 1.165) is 80.3 Å². The minimum atomic E-state index is -0.928. The second-order valence-electron chi connectivity index (χ2n) is 11.9. The number of nitrogens with zero attached hydrogens (tertiary/aromatic N) is 8. The van der Waals surface area contributed by atoms with Gasteiger partial charge < -0.3 is 35.6 Å². The van der Waals surface area contributed by atoms with Crippen molar-refractivity contribution in [1.82, 2.24) is 14.9 Å². The summed E-state index contributed by atoms with van der Waals surface area (Å²) in [5.74, 6) is 1.55. The van der Waals surface area contributed by atoms with Gasteiger partial charge in [0.05, 0.1) is 47.3 Å². The Morgan fingerprint density at radius 1 is 1.15 bits per heavy atom. The fourth-order valence-electron chi connectivity index (χ4n) is 6.30. The van der Waals surface area contributed by atoms with Crippen LogP contribution in [-0.4, -0.2) is 115 Å². The van der Waals surface area contributed by atoms with Crippen LogP contribution in [0.15, 0.2) is 23.2 Å². The number of fused-ring (bicyclic) bond motifs is 1. The van der Waals surface area contributed by atoms with Crippen molar-refractivity contribution in [2.24, 2.45) is 10.7 Å². The summed E-state index contributed by atoms with van der Waals surface area (Å²) in [5, 5.41) is 23.4. The Bertz CT molecular complexity index is 1350. The smallest absolute Gasteiger partial charge is 0.227 e. The average Bonchev–Trinajstić information content (AvgIpc) is 3.24. The lowest BCUT2D eigenvalue weighted by atomic mass is 10.0. The van der Waals surface area contributed by atoms with E-state index in [1.54, 1.807) is 6.92 Å². The number of nitriles is 1. The van der Waals surface area contributed by atoms with E-state index in [2.05, 4.69) is 42.9 Å².